The first-order valence-electron chi connectivity index (χ1n) is 7.67. The van der Waals surface area contributed by atoms with E-state index in [2.05, 4.69) is 62.6 Å². The Hall–Kier alpha value is -2.29. The summed E-state index contributed by atoms with van der Waals surface area (Å²) in [5.74, 6) is 1.07. The molecule has 2 N–H and O–H groups in total. The van der Waals surface area contributed by atoms with Crippen LogP contribution in [0.1, 0.15) is 37.7 Å². The number of rotatable bonds is 2. The third-order valence-corrected chi connectivity index (χ3v) is 4.07. The van der Waals surface area contributed by atoms with Crippen LogP contribution in [0, 0.1) is 6.92 Å². The molecule has 0 amide bonds. The molecule has 0 bridgehead atoms. The molecule has 0 unspecified atom stereocenters. The molecule has 3 heteroatoms. The Bertz CT molecular complexity index is 822. The molecule has 0 spiro atoms. The van der Waals surface area contributed by atoms with Crippen LogP contribution in [0.5, 0.6) is 0 Å². The number of aryl methyl sites for hydroxylation is 1. The smallest absolute Gasteiger partial charge is 0.115 e. The zero-order valence-electron chi connectivity index (χ0n) is 13.7. The predicted molar refractivity (Wildman–Crippen MR) is 93.1 cm³/mol. The number of hydrogen-bond donors (Lipinski definition) is 1. The van der Waals surface area contributed by atoms with E-state index in [1.165, 1.54) is 11.1 Å². The Balaban J connectivity index is 2.23. The van der Waals surface area contributed by atoms with Gasteiger partial charge in [0.05, 0.1) is 11.2 Å². The van der Waals surface area contributed by atoms with Gasteiger partial charge in [-0.1, -0.05) is 51.1 Å². The maximum atomic E-state index is 6.13. The molecule has 0 saturated carbocycles. The van der Waals surface area contributed by atoms with Gasteiger partial charge in [-0.15, -0.1) is 0 Å². The topological polar surface area (TPSA) is 43.8 Å². The summed E-state index contributed by atoms with van der Waals surface area (Å²) < 4.78 is 2.30. The van der Waals surface area contributed by atoms with Crippen molar-refractivity contribution in [3.8, 4) is 0 Å². The molecule has 3 rings (SSSR count). The number of nitrogen functional groups attached to an aromatic ring is 1. The molecular formula is C19H23N3. The van der Waals surface area contributed by atoms with Crippen molar-refractivity contribution in [3.05, 3.63) is 59.4 Å². The normalized spacial score (nSPS) is 12.0. The van der Waals surface area contributed by atoms with E-state index in [4.69, 9.17) is 10.7 Å². The van der Waals surface area contributed by atoms with Crippen LogP contribution in [0.15, 0.2) is 42.5 Å². The van der Waals surface area contributed by atoms with Gasteiger partial charge < -0.3 is 10.3 Å². The van der Waals surface area contributed by atoms with Crippen LogP contribution < -0.4 is 5.73 Å². The summed E-state index contributed by atoms with van der Waals surface area (Å²) in [5.41, 5.74) is 11.5. The lowest BCUT2D eigenvalue weighted by atomic mass is 9.95. The molecule has 3 nitrogen and oxygen atoms in total. The Morgan fingerprint density at radius 2 is 1.77 bits per heavy atom. The molecular weight excluding hydrogens is 270 g/mol. The SMILES string of the molecule is Cc1ccccc1Cn1c(C(C)(C)C)nc2c(N)cccc21. The van der Waals surface area contributed by atoms with Crippen molar-refractivity contribution < 1.29 is 0 Å². The van der Waals surface area contributed by atoms with Gasteiger partial charge in [-0.2, -0.15) is 0 Å². The Labute approximate surface area is 131 Å². The van der Waals surface area contributed by atoms with Crippen molar-refractivity contribution in [1.82, 2.24) is 9.55 Å². The summed E-state index contributed by atoms with van der Waals surface area (Å²) in [7, 11) is 0. The molecule has 0 fully saturated rings. The Kier molecular flexibility index (Phi) is 3.44. The van der Waals surface area contributed by atoms with E-state index in [1.807, 2.05) is 12.1 Å². The largest absolute Gasteiger partial charge is 0.397 e. The number of nitrogens with two attached hydrogens (primary N) is 1. The second-order valence-corrected chi connectivity index (χ2v) is 6.91. The molecule has 0 aliphatic carbocycles. The van der Waals surface area contributed by atoms with Gasteiger partial charge in [0.2, 0.25) is 0 Å². The second kappa shape index (κ2) is 5.16. The first-order chi connectivity index (χ1) is 10.4. The summed E-state index contributed by atoms with van der Waals surface area (Å²) in [4.78, 5) is 4.85. The minimum Gasteiger partial charge on any atom is -0.397 e. The average Bonchev–Trinajstić information content (AvgIpc) is 2.82. The number of fused-ring (bicyclic) bond motifs is 1. The first-order valence-corrected chi connectivity index (χ1v) is 7.67. The zero-order chi connectivity index (χ0) is 15.9. The van der Waals surface area contributed by atoms with Crippen LogP contribution in [0.3, 0.4) is 0 Å². The molecule has 0 aliphatic rings. The van der Waals surface area contributed by atoms with Gasteiger partial charge in [0, 0.05) is 12.0 Å². The highest BCUT2D eigenvalue weighted by molar-refractivity contribution is 5.87. The molecule has 22 heavy (non-hydrogen) atoms. The van der Waals surface area contributed by atoms with Gasteiger partial charge in [-0.3, -0.25) is 0 Å². The number of benzene rings is 2. The third kappa shape index (κ3) is 2.47. The molecule has 3 aromatic rings. The monoisotopic (exact) mass is 293 g/mol. The lowest BCUT2D eigenvalue weighted by Crippen LogP contribution is -2.19. The molecule has 114 valence electrons. The van der Waals surface area contributed by atoms with Gasteiger partial charge in [0.25, 0.3) is 0 Å². The molecule has 1 aromatic heterocycles. The molecule has 0 saturated heterocycles. The number of nitrogens with zero attached hydrogens (tertiary/aromatic N) is 2. The minimum atomic E-state index is -0.0336. The van der Waals surface area contributed by atoms with Crippen molar-refractivity contribution in [2.24, 2.45) is 0 Å². The first kappa shape index (κ1) is 14.6. The van der Waals surface area contributed by atoms with Crippen molar-refractivity contribution >= 4 is 16.7 Å². The maximum absolute atomic E-state index is 6.13. The van der Waals surface area contributed by atoms with Crippen LogP contribution >= 0.6 is 0 Å². The van der Waals surface area contributed by atoms with Crippen molar-refractivity contribution in [2.45, 2.75) is 39.7 Å². The second-order valence-electron chi connectivity index (χ2n) is 6.91. The molecule has 0 aliphatic heterocycles. The fourth-order valence-corrected chi connectivity index (χ4v) is 2.86. The van der Waals surface area contributed by atoms with E-state index >= 15 is 0 Å². The highest BCUT2D eigenvalue weighted by Gasteiger charge is 2.23. The zero-order valence-corrected chi connectivity index (χ0v) is 13.7. The van der Waals surface area contributed by atoms with Gasteiger partial charge in [0.15, 0.2) is 0 Å². The van der Waals surface area contributed by atoms with E-state index in [9.17, 15) is 0 Å². The maximum Gasteiger partial charge on any atom is 0.115 e. The van der Waals surface area contributed by atoms with Gasteiger partial charge >= 0.3 is 0 Å². The van der Waals surface area contributed by atoms with Crippen LogP contribution in [-0.4, -0.2) is 9.55 Å². The van der Waals surface area contributed by atoms with E-state index in [0.717, 1.165) is 29.1 Å². The minimum absolute atomic E-state index is 0.0336. The lowest BCUT2D eigenvalue weighted by Gasteiger charge is -2.20. The van der Waals surface area contributed by atoms with Crippen LogP contribution in [-0.2, 0) is 12.0 Å². The molecule has 2 aromatic carbocycles. The average molecular weight is 293 g/mol. The van der Waals surface area contributed by atoms with E-state index in [-0.39, 0.29) is 5.41 Å². The standard InChI is InChI=1S/C19H23N3/c1-13-8-5-6-9-14(13)12-22-16-11-7-10-15(20)17(16)21-18(22)19(2,3)4/h5-11H,12,20H2,1-4H3. The van der Waals surface area contributed by atoms with Crippen LogP contribution in [0.2, 0.25) is 0 Å². The number of para-hydroxylation sites is 1. The summed E-state index contributed by atoms with van der Waals surface area (Å²) in [5, 5.41) is 0. The van der Waals surface area contributed by atoms with Crippen LogP contribution in [0.25, 0.3) is 11.0 Å². The Morgan fingerprint density at radius 1 is 1.05 bits per heavy atom. The quantitative estimate of drug-likeness (QED) is 0.717. The van der Waals surface area contributed by atoms with Gasteiger partial charge in [-0.05, 0) is 30.2 Å². The van der Waals surface area contributed by atoms with E-state index in [1.54, 1.807) is 0 Å². The van der Waals surface area contributed by atoms with E-state index < -0.39 is 0 Å². The Morgan fingerprint density at radius 3 is 2.45 bits per heavy atom. The molecule has 0 atom stereocenters. The van der Waals surface area contributed by atoms with Crippen molar-refractivity contribution in [3.63, 3.8) is 0 Å². The van der Waals surface area contributed by atoms with Crippen molar-refractivity contribution in [1.29, 1.82) is 0 Å². The fraction of sp³-hybridized carbons (Fsp3) is 0.316. The fourth-order valence-electron chi connectivity index (χ4n) is 2.86. The third-order valence-electron chi connectivity index (χ3n) is 4.07. The highest BCUT2D eigenvalue weighted by Crippen LogP contribution is 2.30. The number of anilines is 1. The van der Waals surface area contributed by atoms with Gasteiger partial charge in [-0.25, -0.2) is 4.98 Å². The summed E-state index contributed by atoms with van der Waals surface area (Å²) >= 11 is 0. The number of imidazole rings is 1. The lowest BCUT2D eigenvalue weighted by molar-refractivity contribution is 0.516. The predicted octanol–water partition coefficient (Wildman–Crippen LogP) is 4.27. The van der Waals surface area contributed by atoms with Crippen LogP contribution in [0.4, 0.5) is 5.69 Å². The summed E-state index contributed by atoms with van der Waals surface area (Å²) in [6.45, 7) is 9.55. The number of aromatic nitrogens is 2. The molecule has 0 radical (unpaired) electrons. The summed E-state index contributed by atoms with van der Waals surface area (Å²) in [6, 6.07) is 14.5. The highest BCUT2D eigenvalue weighted by atomic mass is 15.1. The summed E-state index contributed by atoms with van der Waals surface area (Å²) in [6.07, 6.45) is 0. The van der Waals surface area contributed by atoms with Gasteiger partial charge in [0.1, 0.15) is 11.3 Å². The van der Waals surface area contributed by atoms with Crippen molar-refractivity contribution in [2.75, 3.05) is 5.73 Å². The number of hydrogen-bond acceptors (Lipinski definition) is 2. The molecule has 1 heterocycles. The van der Waals surface area contributed by atoms with E-state index in [0.29, 0.717) is 0 Å².